The highest BCUT2D eigenvalue weighted by Crippen LogP contribution is 2.35. The fourth-order valence-corrected chi connectivity index (χ4v) is 2.57. The number of ether oxygens (including phenoxy) is 1. The second-order valence-corrected chi connectivity index (χ2v) is 5.93. The van der Waals surface area contributed by atoms with Gasteiger partial charge in [0.1, 0.15) is 5.75 Å². The summed E-state index contributed by atoms with van der Waals surface area (Å²) in [4.78, 5) is 0. The van der Waals surface area contributed by atoms with Crippen LogP contribution in [0, 0.1) is 0 Å². The molecule has 0 aliphatic carbocycles. The van der Waals surface area contributed by atoms with Crippen LogP contribution in [0.25, 0.3) is 0 Å². The van der Waals surface area contributed by atoms with Crippen molar-refractivity contribution in [3.63, 3.8) is 0 Å². The van der Waals surface area contributed by atoms with Gasteiger partial charge in [-0.2, -0.15) is 0 Å². The van der Waals surface area contributed by atoms with Gasteiger partial charge < -0.3 is 15.6 Å². The molecule has 0 radical (unpaired) electrons. The molecule has 0 bridgehead atoms. The van der Waals surface area contributed by atoms with E-state index in [1.807, 2.05) is 0 Å². The van der Waals surface area contributed by atoms with Gasteiger partial charge in [0, 0.05) is 12.1 Å². The third-order valence-electron chi connectivity index (χ3n) is 1.98. The molecule has 1 aromatic carbocycles. The van der Waals surface area contributed by atoms with Crippen molar-refractivity contribution in [3.05, 3.63) is 21.1 Å². The van der Waals surface area contributed by atoms with Crippen LogP contribution in [0.1, 0.15) is 20.3 Å². The first kappa shape index (κ1) is 13.8. The van der Waals surface area contributed by atoms with Gasteiger partial charge in [-0.15, -0.1) is 0 Å². The van der Waals surface area contributed by atoms with E-state index in [1.54, 1.807) is 26.0 Å². The zero-order valence-electron chi connectivity index (χ0n) is 9.26. The lowest BCUT2D eigenvalue weighted by Gasteiger charge is -2.18. The van der Waals surface area contributed by atoms with Crippen LogP contribution in [-0.2, 0) is 0 Å². The molecular weight excluding hydrogens is 338 g/mol. The molecule has 90 valence electrons. The molecule has 3 nitrogen and oxygen atoms in total. The Morgan fingerprint density at radius 2 is 1.81 bits per heavy atom. The van der Waals surface area contributed by atoms with E-state index in [4.69, 9.17) is 10.5 Å². The van der Waals surface area contributed by atoms with Crippen LogP contribution in [0.3, 0.4) is 0 Å². The smallest absolute Gasteiger partial charge is 0.147 e. The van der Waals surface area contributed by atoms with Crippen molar-refractivity contribution in [2.24, 2.45) is 0 Å². The van der Waals surface area contributed by atoms with E-state index in [0.29, 0.717) is 24.5 Å². The second kappa shape index (κ2) is 5.38. The maximum atomic E-state index is 9.55. The summed E-state index contributed by atoms with van der Waals surface area (Å²) in [5.74, 6) is 0.707. The molecule has 3 N–H and O–H groups in total. The van der Waals surface area contributed by atoms with Crippen molar-refractivity contribution in [1.82, 2.24) is 0 Å². The van der Waals surface area contributed by atoms with Gasteiger partial charge in [-0.3, -0.25) is 0 Å². The van der Waals surface area contributed by atoms with Crippen LogP contribution < -0.4 is 10.5 Å². The molecule has 1 aromatic rings. The molecule has 5 heteroatoms. The Hall–Kier alpha value is -0.260. The largest absolute Gasteiger partial charge is 0.491 e. The maximum absolute atomic E-state index is 9.55. The highest BCUT2D eigenvalue weighted by Gasteiger charge is 2.14. The number of anilines is 1. The van der Waals surface area contributed by atoms with Gasteiger partial charge in [0.25, 0.3) is 0 Å². The van der Waals surface area contributed by atoms with Gasteiger partial charge in [0.15, 0.2) is 0 Å². The normalized spacial score (nSPS) is 11.6. The number of hydrogen-bond acceptors (Lipinski definition) is 3. The molecule has 0 saturated heterocycles. The third kappa shape index (κ3) is 4.31. The van der Waals surface area contributed by atoms with E-state index >= 15 is 0 Å². The van der Waals surface area contributed by atoms with Crippen LogP contribution in [0.15, 0.2) is 21.1 Å². The topological polar surface area (TPSA) is 55.5 Å². The van der Waals surface area contributed by atoms with Gasteiger partial charge >= 0.3 is 0 Å². The number of benzene rings is 1. The molecule has 0 unspecified atom stereocenters. The van der Waals surface area contributed by atoms with Crippen molar-refractivity contribution < 1.29 is 9.84 Å². The highest BCUT2D eigenvalue weighted by molar-refractivity contribution is 9.11. The van der Waals surface area contributed by atoms with E-state index in [9.17, 15) is 5.11 Å². The fourth-order valence-electron chi connectivity index (χ4n) is 1.12. The van der Waals surface area contributed by atoms with E-state index in [0.717, 1.165) is 8.95 Å². The Balaban J connectivity index is 2.68. The Morgan fingerprint density at radius 1 is 1.31 bits per heavy atom. The number of rotatable bonds is 4. The number of nitrogen functional groups attached to an aromatic ring is 1. The molecule has 0 amide bonds. The summed E-state index contributed by atoms with van der Waals surface area (Å²) < 4.78 is 7.19. The number of nitrogens with two attached hydrogens (primary N) is 1. The van der Waals surface area contributed by atoms with Gasteiger partial charge in [0.2, 0.25) is 0 Å². The van der Waals surface area contributed by atoms with Gasteiger partial charge in [0.05, 0.1) is 21.2 Å². The Bertz CT molecular complexity index is 352. The van der Waals surface area contributed by atoms with E-state index in [2.05, 4.69) is 31.9 Å². The molecule has 0 spiro atoms. The summed E-state index contributed by atoms with van der Waals surface area (Å²) in [5.41, 5.74) is 5.62. The average Bonchev–Trinajstić information content (AvgIpc) is 2.07. The first-order valence-corrected chi connectivity index (χ1v) is 6.48. The fraction of sp³-hybridized carbons (Fsp3) is 0.455. The predicted octanol–water partition coefficient (Wildman–Crippen LogP) is 3.33. The number of hydrogen-bond donors (Lipinski definition) is 2. The maximum Gasteiger partial charge on any atom is 0.147 e. The minimum Gasteiger partial charge on any atom is -0.491 e. The van der Waals surface area contributed by atoms with Crippen LogP contribution in [0.4, 0.5) is 5.69 Å². The van der Waals surface area contributed by atoms with E-state index < -0.39 is 5.60 Å². The summed E-state index contributed by atoms with van der Waals surface area (Å²) in [5, 5.41) is 9.55. The molecule has 0 aromatic heterocycles. The molecule has 16 heavy (non-hydrogen) atoms. The van der Waals surface area contributed by atoms with Crippen molar-refractivity contribution in [1.29, 1.82) is 0 Å². The Labute approximate surface area is 112 Å². The molecule has 1 rings (SSSR count). The van der Waals surface area contributed by atoms with Crippen LogP contribution in [-0.4, -0.2) is 17.3 Å². The van der Waals surface area contributed by atoms with Crippen molar-refractivity contribution in [2.45, 2.75) is 25.9 Å². The van der Waals surface area contributed by atoms with Crippen molar-refractivity contribution >= 4 is 37.5 Å². The lowest BCUT2D eigenvalue weighted by atomic mass is 10.1. The summed E-state index contributed by atoms with van der Waals surface area (Å²) in [6, 6.07) is 3.56. The summed E-state index contributed by atoms with van der Waals surface area (Å²) in [7, 11) is 0. The Kier molecular flexibility index (Phi) is 4.64. The number of aliphatic hydroxyl groups is 1. The minimum absolute atomic E-state index is 0.449. The van der Waals surface area contributed by atoms with Crippen molar-refractivity contribution in [2.75, 3.05) is 12.3 Å². The number of halogens is 2. The SMILES string of the molecule is CC(C)(O)CCOc1c(Br)cc(N)cc1Br. The second-order valence-electron chi connectivity index (χ2n) is 4.22. The molecular formula is C11H15Br2NO2. The van der Waals surface area contributed by atoms with Gasteiger partial charge in [-0.1, -0.05) is 0 Å². The first-order chi connectivity index (χ1) is 7.29. The van der Waals surface area contributed by atoms with Gasteiger partial charge in [-0.05, 0) is 57.8 Å². The Morgan fingerprint density at radius 3 is 2.25 bits per heavy atom. The summed E-state index contributed by atoms with van der Waals surface area (Å²) >= 11 is 6.76. The zero-order valence-corrected chi connectivity index (χ0v) is 12.4. The quantitative estimate of drug-likeness (QED) is 0.817. The van der Waals surface area contributed by atoms with Crippen molar-refractivity contribution in [3.8, 4) is 5.75 Å². The first-order valence-electron chi connectivity index (χ1n) is 4.89. The zero-order chi connectivity index (χ0) is 12.3. The van der Waals surface area contributed by atoms with Crippen LogP contribution >= 0.6 is 31.9 Å². The molecule has 0 saturated carbocycles. The lowest BCUT2D eigenvalue weighted by Crippen LogP contribution is -2.21. The van der Waals surface area contributed by atoms with Crippen LogP contribution in [0.2, 0.25) is 0 Å². The average molecular weight is 353 g/mol. The monoisotopic (exact) mass is 351 g/mol. The predicted molar refractivity (Wildman–Crippen MR) is 72.7 cm³/mol. The lowest BCUT2D eigenvalue weighted by molar-refractivity contribution is 0.0551. The summed E-state index contributed by atoms with van der Waals surface area (Å²) in [6.07, 6.45) is 0.566. The standard InChI is InChI=1S/C11H15Br2NO2/c1-11(2,15)3-4-16-10-8(12)5-7(14)6-9(10)13/h5-6,15H,3-4,14H2,1-2H3. The molecule has 0 aliphatic rings. The van der Waals surface area contributed by atoms with Crippen LogP contribution in [0.5, 0.6) is 5.75 Å². The molecule has 0 heterocycles. The molecule has 0 aliphatic heterocycles. The minimum atomic E-state index is -0.716. The van der Waals surface area contributed by atoms with Gasteiger partial charge in [-0.25, -0.2) is 0 Å². The van der Waals surface area contributed by atoms with E-state index in [1.165, 1.54) is 0 Å². The summed E-state index contributed by atoms with van der Waals surface area (Å²) in [6.45, 7) is 3.96. The molecule has 0 fully saturated rings. The highest BCUT2D eigenvalue weighted by atomic mass is 79.9. The van der Waals surface area contributed by atoms with E-state index in [-0.39, 0.29) is 0 Å². The third-order valence-corrected chi connectivity index (χ3v) is 3.16. The molecule has 0 atom stereocenters.